The van der Waals surface area contributed by atoms with E-state index in [1.807, 2.05) is 0 Å². The molecular weight excluding hydrogens is 376 g/mol. The van der Waals surface area contributed by atoms with Crippen LogP contribution in [0.2, 0.25) is 19.6 Å². The second kappa shape index (κ2) is 9.26. The maximum atomic E-state index is 10.9. The number of carbonyl (C=O) groups excluding carboxylic acids is 1. The standard InChI is InChI=1S/C9H14N2OSi.C6H5BrN2O/c1-8(12-13(2,3)4)9-7-10-5-6-11-9;7-3-6(10)5-4-8-1-2-9-5/h5-7H,1H2,2-4H3;1-2,4H,3H2. The maximum absolute atomic E-state index is 10.9. The lowest BCUT2D eigenvalue weighted by atomic mass is 10.3. The van der Waals surface area contributed by atoms with Gasteiger partial charge in [-0.1, -0.05) is 22.5 Å². The van der Waals surface area contributed by atoms with Crippen molar-refractivity contribution in [2.45, 2.75) is 19.6 Å². The first-order valence-corrected chi connectivity index (χ1v) is 11.4. The molecule has 2 aromatic rings. The lowest BCUT2D eigenvalue weighted by Crippen LogP contribution is -2.24. The molecule has 0 unspecified atom stereocenters. The molecule has 0 spiro atoms. The SMILES string of the molecule is C=C(O[Si](C)(C)C)c1cnccn1.O=C(CBr)c1cnccn1. The van der Waals surface area contributed by atoms with Crippen LogP contribution in [-0.4, -0.2) is 39.4 Å². The summed E-state index contributed by atoms with van der Waals surface area (Å²) in [5.74, 6) is 0.570. The molecule has 122 valence electrons. The van der Waals surface area contributed by atoms with E-state index in [1.54, 1.807) is 18.6 Å². The van der Waals surface area contributed by atoms with E-state index in [0.717, 1.165) is 0 Å². The minimum Gasteiger partial charge on any atom is -0.543 e. The Kier molecular flexibility index (Phi) is 7.70. The van der Waals surface area contributed by atoms with E-state index in [-0.39, 0.29) is 5.78 Å². The van der Waals surface area contributed by atoms with Crippen molar-refractivity contribution in [3.8, 4) is 0 Å². The predicted octanol–water partition coefficient (Wildman–Crippen LogP) is 3.35. The van der Waals surface area contributed by atoms with Gasteiger partial charge in [0.05, 0.1) is 17.7 Å². The van der Waals surface area contributed by atoms with Crippen molar-refractivity contribution in [2.24, 2.45) is 0 Å². The van der Waals surface area contributed by atoms with Crippen LogP contribution in [0.15, 0.2) is 43.8 Å². The molecule has 23 heavy (non-hydrogen) atoms. The molecule has 0 amide bonds. The number of halogens is 1. The number of hydrogen-bond acceptors (Lipinski definition) is 6. The molecule has 0 bridgehead atoms. The molecular formula is C15H19BrN4O2Si. The molecule has 0 atom stereocenters. The largest absolute Gasteiger partial charge is 0.543 e. The third kappa shape index (κ3) is 7.75. The lowest BCUT2D eigenvalue weighted by molar-refractivity contribution is 0.101. The van der Waals surface area contributed by atoms with Crippen molar-refractivity contribution < 1.29 is 9.22 Å². The first-order chi connectivity index (χ1) is 10.8. The highest BCUT2D eigenvalue weighted by molar-refractivity contribution is 9.09. The summed E-state index contributed by atoms with van der Waals surface area (Å²) in [6, 6.07) is 0. The van der Waals surface area contributed by atoms with Crippen LogP contribution in [-0.2, 0) is 4.43 Å². The van der Waals surface area contributed by atoms with Crippen molar-refractivity contribution in [3.63, 3.8) is 0 Å². The lowest BCUT2D eigenvalue weighted by Gasteiger charge is -2.20. The summed E-state index contributed by atoms with van der Waals surface area (Å²) in [4.78, 5) is 26.5. The van der Waals surface area contributed by atoms with E-state index in [9.17, 15) is 4.79 Å². The summed E-state index contributed by atoms with van der Waals surface area (Å²) < 4.78 is 5.67. The van der Waals surface area contributed by atoms with Gasteiger partial charge in [-0.2, -0.15) is 0 Å². The molecule has 0 saturated heterocycles. The number of Topliss-reactive ketones (excluding diaryl/α,β-unsaturated/α-hetero) is 1. The number of rotatable bonds is 5. The number of ketones is 1. The Morgan fingerprint density at radius 2 is 1.61 bits per heavy atom. The van der Waals surface area contributed by atoms with Gasteiger partial charge in [-0.15, -0.1) is 0 Å². The molecule has 2 aromatic heterocycles. The van der Waals surface area contributed by atoms with E-state index in [0.29, 0.717) is 22.5 Å². The Hall–Kier alpha value is -1.93. The smallest absolute Gasteiger partial charge is 0.242 e. The van der Waals surface area contributed by atoms with Crippen LogP contribution in [0.25, 0.3) is 5.76 Å². The van der Waals surface area contributed by atoms with E-state index in [1.165, 1.54) is 18.6 Å². The molecule has 0 aliphatic heterocycles. The van der Waals surface area contributed by atoms with Gasteiger partial charge in [0.15, 0.2) is 5.78 Å². The fourth-order valence-electron chi connectivity index (χ4n) is 1.38. The molecule has 0 radical (unpaired) electrons. The number of aromatic nitrogens is 4. The first kappa shape index (κ1) is 19.1. The van der Waals surface area contributed by atoms with E-state index < -0.39 is 8.32 Å². The zero-order valence-electron chi connectivity index (χ0n) is 13.4. The van der Waals surface area contributed by atoms with Crippen molar-refractivity contribution in [1.82, 2.24) is 19.9 Å². The molecule has 0 N–H and O–H groups in total. The Morgan fingerprint density at radius 3 is 2.00 bits per heavy atom. The molecule has 8 heteroatoms. The fourth-order valence-corrected chi connectivity index (χ4v) is 2.51. The summed E-state index contributed by atoms with van der Waals surface area (Å²) in [7, 11) is -1.57. The average molecular weight is 395 g/mol. The Bertz CT molecular complexity index is 633. The Morgan fingerprint density at radius 1 is 1.09 bits per heavy atom. The molecule has 2 heterocycles. The van der Waals surface area contributed by atoms with Gasteiger partial charge >= 0.3 is 0 Å². The zero-order chi connectivity index (χ0) is 17.3. The number of carbonyl (C=O) groups is 1. The number of hydrogen-bond donors (Lipinski definition) is 0. The Balaban J connectivity index is 0.000000238. The minimum atomic E-state index is -1.57. The minimum absolute atomic E-state index is 0.0481. The van der Waals surface area contributed by atoms with Crippen LogP contribution >= 0.6 is 15.9 Å². The second-order valence-corrected chi connectivity index (χ2v) is 10.4. The third-order valence-corrected chi connectivity index (χ3v) is 3.62. The number of nitrogens with zero attached hydrogens (tertiary/aromatic N) is 4. The fraction of sp³-hybridized carbons (Fsp3) is 0.267. The van der Waals surface area contributed by atoms with E-state index in [2.05, 4.69) is 62.1 Å². The van der Waals surface area contributed by atoms with Crippen LogP contribution in [0.4, 0.5) is 0 Å². The topological polar surface area (TPSA) is 77.9 Å². The van der Waals surface area contributed by atoms with Crippen LogP contribution in [0.3, 0.4) is 0 Å². The summed E-state index contributed by atoms with van der Waals surface area (Å²) in [5, 5.41) is 0.297. The molecule has 0 aliphatic rings. The van der Waals surface area contributed by atoms with Gasteiger partial charge in [0.25, 0.3) is 0 Å². The van der Waals surface area contributed by atoms with Crippen molar-refractivity contribution >= 4 is 35.8 Å². The number of alkyl halides is 1. The van der Waals surface area contributed by atoms with Crippen LogP contribution in [0.5, 0.6) is 0 Å². The van der Waals surface area contributed by atoms with Crippen LogP contribution in [0.1, 0.15) is 16.2 Å². The predicted molar refractivity (Wildman–Crippen MR) is 95.7 cm³/mol. The van der Waals surface area contributed by atoms with Gasteiger partial charge in [0.1, 0.15) is 17.1 Å². The molecule has 0 fully saturated rings. The van der Waals surface area contributed by atoms with Crippen molar-refractivity contribution in [1.29, 1.82) is 0 Å². The quantitative estimate of drug-likeness (QED) is 0.334. The zero-order valence-corrected chi connectivity index (χ0v) is 15.9. The maximum Gasteiger partial charge on any atom is 0.242 e. The van der Waals surface area contributed by atoms with Gasteiger partial charge in [-0.3, -0.25) is 14.8 Å². The van der Waals surface area contributed by atoms with Gasteiger partial charge in [-0.25, -0.2) is 9.97 Å². The first-order valence-electron chi connectivity index (χ1n) is 6.83. The highest BCUT2D eigenvalue weighted by atomic mass is 79.9. The van der Waals surface area contributed by atoms with Crippen LogP contribution < -0.4 is 0 Å². The monoisotopic (exact) mass is 394 g/mol. The summed E-state index contributed by atoms with van der Waals surface area (Å²) in [6.07, 6.45) is 9.40. The van der Waals surface area contributed by atoms with Crippen LogP contribution in [0, 0.1) is 0 Å². The molecule has 2 rings (SSSR count). The summed E-state index contributed by atoms with van der Waals surface area (Å²) in [5.41, 5.74) is 1.12. The molecule has 0 aliphatic carbocycles. The van der Waals surface area contributed by atoms with E-state index in [4.69, 9.17) is 4.43 Å². The van der Waals surface area contributed by atoms with Gasteiger partial charge in [-0.05, 0) is 19.6 Å². The average Bonchev–Trinajstić information content (AvgIpc) is 2.55. The third-order valence-electron chi connectivity index (χ3n) is 2.25. The van der Waals surface area contributed by atoms with E-state index >= 15 is 0 Å². The van der Waals surface area contributed by atoms with Gasteiger partial charge in [0, 0.05) is 24.8 Å². The van der Waals surface area contributed by atoms with Crippen molar-refractivity contribution in [2.75, 3.05) is 5.33 Å². The van der Waals surface area contributed by atoms with Gasteiger partial charge < -0.3 is 4.43 Å². The molecule has 0 aromatic carbocycles. The normalized spacial score (nSPS) is 10.3. The second-order valence-electron chi connectivity index (χ2n) is 5.38. The summed E-state index contributed by atoms with van der Waals surface area (Å²) >= 11 is 3.03. The molecule has 6 nitrogen and oxygen atoms in total. The summed E-state index contributed by atoms with van der Waals surface area (Å²) in [6.45, 7) is 10.1. The molecule has 0 saturated carbocycles. The Labute approximate surface area is 145 Å². The van der Waals surface area contributed by atoms with Crippen molar-refractivity contribution in [3.05, 3.63) is 55.1 Å². The highest BCUT2D eigenvalue weighted by Crippen LogP contribution is 2.15. The van der Waals surface area contributed by atoms with Gasteiger partial charge in [0.2, 0.25) is 8.32 Å². The highest BCUT2D eigenvalue weighted by Gasteiger charge is 2.17.